The standard InChI is InChI=1S/C29H27NO7/c1-17-7-5-6-8-21(17)25-24(26(31)22-15-20(35-2)13-14-23(22)36-3)27(32)28(33)30(25)16-18-9-11-19(12-10-18)29(34)37-4/h5-15,25,31H,16H2,1-4H3/b26-24+. The summed E-state index contributed by atoms with van der Waals surface area (Å²) in [7, 11) is 4.24. The third-order valence-electron chi connectivity index (χ3n) is 6.41. The summed E-state index contributed by atoms with van der Waals surface area (Å²) >= 11 is 0. The summed E-state index contributed by atoms with van der Waals surface area (Å²) in [6.45, 7) is 1.96. The van der Waals surface area contributed by atoms with E-state index in [4.69, 9.17) is 14.2 Å². The van der Waals surface area contributed by atoms with Crippen molar-refractivity contribution in [2.45, 2.75) is 19.5 Å². The zero-order valence-electron chi connectivity index (χ0n) is 21.0. The van der Waals surface area contributed by atoms with Gasteiger partial charge in [-0.2, -0.15) is 0 Å². The van der Waals surface area contributed by atoms with Crippen LogP contribution in [-0.2, 0) is 20.9 Å². The summed E-state index contributed by atoms with van der Waals surface area (Å²) in [6.07, 6.45) is 0. The number of amides is 1. The van der Waals surface area contributed by atoms with Gasteiger partial charge in [-0.25, -0.2) is 4.79 Å². The molecule has 0 radical (unpaired) electrons. The zero-order valence-corrected chi connectivity index (χ0v) is 21.0. The van der Waals surface area contributed by atoms with Gasteiger partial charge in [-0.3, -0.25) is 9.59 Å². The van der Waals surface area contributed by atoms with Gasteiger partial charge in [0.25, 0.3) is 11.7 Å². The summed E-state index contributed by atoms with van der Waals surface area (Å²) in [5, 5.41) is 11.5. The molecule has 0 bridgehead atoms. The van der Waals surface area contributed by atoms with E-state index in [-0.39, 0.29) is 23.4 Å². The maximum Gasteiger partial charge on any atom is 0.337 e. The van der Waals surface area contributed by atoms with E-state index in [2.05, 4.69) is 0 Å². The van der Waals surface area contributed by atoms with E-state index in [1.807, 2.05) is 31.2 Å². The SMILES string of the molecule is COC(=O)c1ccc(CN2C(=O)C(=O)/C(=C(/O)c3cc(OC)ccc3OC)C2c2ccccc2C)cc1. The minimum atomic E-state index is -0.850. The van der Waals surface area contributed by atoms with Crippen LogP contribution in [0.3, 0.4) is 0 Å². The van der Waals surface area contributed by atoms with Crippen molar-refractivity contribution in [1.82, 2.24) is 4.90 Å². The van der Waals surface area contributed by atoms with E-state index >= 15 is 0 Å². The summed E-state index contributed by atoms with van der Waals surface area (Å²) < 4.78 is 15.5. The van der Waals surface area contributed by atoms with Crippen LogP contribution < -0.4 is 9.47 Å². The number of esters is 1. The van der Waals surface area contributed by atoms with Crippen molar-refractivity contribution >= 4 is 23.4 Å². The molecule has 1 aliphatic heterocycles. The van der Waals surface area contributed by atoms with Crippen molar-refractivity contribution in [2.75, 3.05) is 21.3 Å². The molecule has 1 aliphatic rings. The number of ether oxygens (including phenoxy) is 3. The molecular weight excluding hydrogens is 474 g/mol. The van der Waals surface area contributed by atoms with E-state index < -0.39 is 23.7 Å². The van der Waals surface area contributed by atoms with E-state index in [9.17, 15) is 19.5 Å². The predicted molar refractivity (Wildman–Crippen MR) is 136 cm³/mol. The Bertz CT molecular complexity index is 1390. The van der Waals surface area contributed by atoms with Gasteiger partial charge < -0.3 is 24.2 Å². The second-order valence-electron chi connectivity index (χ2n) is 8.54. The molecule has 0 saturated carbocycles. The van der Waals surface area contributed by atoms with Crippen LogP contribution in [0.4, 0.5) is 0 Å². The van der Waals surface area contributed by atoms with Crippen LogP contribution >= 0.6 is 0 Å². The van der Waals surface area contributed by atoms with Crippen LogP contribution in [0.25, 0.3) is 5.76 Å². The van der Waals surface area contributed by atoms with Gasteiger partial charge in [0.15, 0.2) is 0 Å². The van der Waals surface area contributed by atoms with Crippen molar-refractivity contribution in [1.29, 1.82) is 0 Å². The molecule has 0 aromatic heterocycles. The van der Waals surface area contributed by atoms with Gasteiger partial charge in [-0.05, 0) is 53.9 Å². The lowest BCUT2D eigenvalue weighted by molar-refractivity contribution is -0.140. The minimum absolute atomic E-state index is 0.0444. The number of methoxy groups -OCH3 is 3. The van der Waals surface area contributed by atoms with Crippen LogP contribution in [0, 0.1) is 6.92 Å². The third-order valence-corrected chi connectivity index (χ3v) is 6.41. The summed E-state index contributed by atoms with van der Waals surface area (Å²) in [4.78, 5) is 40.0. The highest BCUT2D eigenvalue weighted by atomic mass is 16.5. The molecular formula is C29H27NO7. The molecule has 1 fully saturated rings. The molecule has 4 rings (SSSR count). The maximum atomic E-state index is 13.4. The highest BCUT2D eigenvalue weighted by Gasteiger charge is 2.46. The number of hydrogen-bond donors (Lipinski definition) is 1. The van der Waals surface area contributed by atoms with Gasteiger partial charge in [0.1, 0.15) is 17.3 Å². The number of aliphatic hydroxyl groups excluding tert-OH is 1. The molecule has 1 atom stereocenters. The number of hydrogen-bond acceptors (Lipinski definition) is 7. The first-order chi connectivity index (χ1) is 17.8. The first kappa shape index (κ1) is 25.5. The average molecular weight is 502 g/mol. The Morgan fingerprint density at radius 1 is 0.946 bits per heavy atom. The van der Waals surface area contributed by atoms with Crippen LogP contribution in [0.15, 0.2) is 72.3 Å². The zero-order chi connectivity index (χ0) is 26.7. The molecule has 1 amide bonds. The van der Waals surface area contributed by atoms with E-state index in [1.165, 1.54) is 26.2 Å². The number of aryl methyl sites for hydroxylation is 1. The molecule has 8 heteroatoms. The number of rotatable bonds is 7. The van der Waals surface area contributed by atoms with E-state index in [1.54, 1.807) is 42.5 Å². The smallest absolute Gasteiger partial charge is 0.337 e. The molecule has 1 heterocycles. The number of aliphatic hydroxyl groups is 1. The van der Waals surface area contributed by atoms with Gasteiger partial charge in [-0.1, -0.05) is 36.4 Å². The van der Waals surface area contributed by atoms with Crippen molar-refractivity contribution < 1.29 is 33.7 Å². The Morgan fingerprint density at radius 3 is 2.27 bits per heavy atom. The molecule has 1 unspecified atom stereocenters. The maximum absolute atomic E-state index is 13.4. The average Bonchev–Trinajstić information content (AvgIpc) is 3.17. The van der Waals surface area contributed by atoms with Crippen molar-refractivity contribution in [2.24, 2.45) is 0 Å². The molecule has 3 aromatic carbocycles. The van der Waals surface area contributed by atoms with Gasteiger partial charge in [-0.15, -0.1) is 0 Å². The number of carbonyl (C=O) groups is 3. The lowest BCUT2D eigenvalue weighted by Gasteiger charge is -2.27. The molecule has 1 saturated heterocycles. The monoisotopic (exact) mass is 501 g/mol. The predicted octanol–water partition coefficient (Wildman–Crippen LogP) is 4.42. The topological polar surface area (TPSA) is 102 Å². The fraction of sp³-hybridized carbons (Fsp3) is 0.207. The van der Waals surface area contributed by atoms with Gasteiger partial charge in [0.05, 0.1) is 44.1 Å². The van der Waals surface area contributed by atoms with Crippen molar-refractivity contribution in [3.8, 4) is 11.5 Å². The Labute approximate surface area is 214 Å². The Kier molecular flexibility index (Phi) is 7.29. The third kappa shape index (κ3) is 4.78. The first-order valence-electron chi connectivity index (χ1n) is 11.5. The largest absolute Gasteiger partial charge is 0.507 e. The Hall–Kier alpha value is -4.59. The second-order valence-corrected chi connectivity index (χ2v) is 8.54. The summed E-state index contributed by atoms with van der Waals surface area (Å²) in [6, 6.07) is 18.0. The number of ketones is 1. The fourth-order valence-electron chi connectivity index (χ4n) is 4.47. The molecule has 1 N–H and O–H groups in total. The number of benzene rings is 3. The quantitative estimate of drug-likeness (QED) is 0.221. The molecule has 8 nitrogen and oxygen atoms in total. The highest BCUT2D eigenvalue weighted by molar-refractivity contribution is 6.46. The first-order valence-corrected chi connectivity index (χ1v) is 11.5. The number of Topliss-reactive ketones (excluding diaryl/α,β-unsaturated/α-hetero) is 1. The summed E-state index contributed by atoms with van der Waals surface area (Å²) in [5.74, 6) is -1.60. The second kappa shape index (κ2) is 10.6. The molecule has 190 valence electrons. The van der Waals surface area contributed by atoms with Crippen molar-refractivity contribution in [3.05, 3.63) is 100 Å². The number of likely N-dealkylation sites (tertiary alicyclic amines) is 1. The van der Waals surface area contributed by atoms with Gasteiger partial charge in [0, 0.05) is 6.54 Å². The van der Waals surface area contributed by atoms with Crippen molar-refractivity contribution in [3.63, 3.8) is 0 Å². The molecule has 37 heavy (non-hydrogen) atoms. The lowest BCUT2D eigenvalue weighted by Crippen LogP contribution is -2.29. The molecule has 3 aromatic rings. The van der Waals surface area contributed by atoms with Crippen LogP contribution in [-0.4, -0.2) is 49.0 Å². The highest BCUT2D eigenvalue weighted by Crippen LogP contribution is 2.43. The number of nitrogens with zero attached hydrogens (tertiary/aromatic N) is 1. The van der Waals surface area contributed by atoms with Crippen LogP contribution in [0.5, 0.6) is 11.5 Å². The minimum Gasteiger partial charge on any atom is -0.507 e. The van der Waals surface area contributed by atoms with E-state index in [0.29, 0.717) is 28.2 Å². The molecule has 0 spiro atoms. The Balaban J connectivity index is 1.86. The summed E-state index contributed by atoms with van der Waals surface area (Å²) in [5.41, 5.74) is 2.82. The fourth-order valence-corrected chi connectivity index (χ4v) is 4.47. The lowest BCUT2D eigenvalue weighted by atomic mass is 9.92. The van der Waals surface area contributed by atoms with Crippen LogP contribution in [0.2, 0.25) is 0 Å². The van der Waals surface area contributed by atoms with E-state index in [0.717, 1.165) is 5.56 Å². The van der Waals surface area contributed by atoms with Gasteiger partial charge >= 0.3 is 5.97 Å². The Morgan fingerprint density at radius 2 is 1.65 bits per heavy atom. The van der Waals surface area contributed by atoms with Gasteiger partial charge in [0.2, 0.25) is 0 Å². The normalized spacial score (nSPS) is 16.5. The van der Waals surface area contributed by atoms with Crippen LogP contribution in [0.1, 0.15) is 38.7 Å². The number of carbonyl (C=O) groups excluding carboxylic acids is 3. The molecule has 0 aliphatic carbocycles.